The molecule has 242 valence electrons. The van der Waals surface area contributed by atoms with Gasteiger partial charge in [0, 0.05) is 30.4 Å². The fourth-order valence-corrected chi connectivity index (χ4v) is 5.13. The van der Waals surface area contributed by atoms with Crippen molar-refractivity contribution >= 4 is 34.8 Å². The van der Waals surface area contributed by atoms with Crippen molar-refractivity contribution in [1.29, 1.82) is 0 Å². The summed E-state index contributed by atoms with van der Waals surface area (Å²) < 4.78 is 43.5. The van der Waals surface area contributed by atoms with Crippen LogP contribution in [-0.2, 0) is 14.4 Å². The number of benzene rings is 1. The first-order valence-electron chi connectivity index (χ1n) is 14.6. The normalized spacial score (nSPS) is 19.2. The van der Waals surface area contributed by atoms with Crippen molar-refractivity contribution in [1.82, 2.24) is 25.8 Å². The van der Waals surface area contributed by atoms with Crippen molar-refractivity contribution in [2.45, 2.75) is 78.0 Å². The molecule has 0 unspecified atom stereocenters. The lowest BCUT2D eigenvalue weighted by atomic mass is 9.82. The predicted molar refractivity (Wildman–Crippen MR) is 160 cm³/mol. The number of alkyl halides is 3. The third-order valence-corrected chi connectivity index (χ3v) is 7.75. The first-order valence-corrected chi connectivity index (χ1v) is 14.6. The van der Waals surface area contributed by atoms with E-state index in [1.54, 1.807) is 51.1 Å². The molecule has 0 saturated carbocycles. The number of halogens is 3. The van der Waals surface area contributed by atoms with E-state index in [0.29, 0.717) is 16.8 Å². The van der Waals surface area contributed by atoms with Gasteiger partial charge in [0.25, 0.3) is 0 Å². The van der Waals surface area contributed by atoms with Gasteiger partial charge in [0.05, 0.1) is 23.4 Å². The van der Waals surface area contributed by atoms with E-state index in [4.69, 9.17) is 0 Å². The molecule has 1 aliphatic heterocycles. The SMILES string of the molecule is CC(C)[C@H](N[C@H](C(F)(F)F)C(C)(C)/C=C/c1ccc2ccc([C@@H](C)O)nc2c1)C(=O)N[C@@H](C)C(=O)N1CCN[C@H](C(=O)O)C1. The van der Waals surface area contributed by atoms with E-state index in [9.17, 15) is 37.8 Å². The highest BCUT2D eigenvalue weighted by Crippen LogP contribution is 2.36. The highest BCUT2D eigenvalue weighted by atomic mass is 19.4. The summed E-state index contributed by atoms with van der Waals surface area (Å²) in [5.41, 5.74) is 0.175. The molecular weight excluding hydrogens is 579 g/mol. The third-order valence-electron chi connectivity index (χ3n) is 7.75. The Morgan fingerprint density at radius 3 is 2.36 bits per heavy atom. The second kappa shape index (κ2) is 14.0. The molecular formula is C31H42F3N5O5. The van der Waals surface area contributed by atoms with E-state index in [1.165, 1.54) is 31.7 Å². The van der Waals surface area contributed by atoms with Crippen LogP contribution in [0.5, 0.6) is 0 Å². The molecule has 1 aliphatic rings. The maximum Gasteiger partial charge on any atom is 0.404 e. The van der Waals surface area contributed by atoms with Crippen molar-refractivity contribution in [2.75, 3.05) is 19.6 Å². The van der Waals surface area contributed by atoms with E-state index in [1.807, 2.05) is 6.07 Å². The number of carbonyl (C=O) groups excluding carboxylic acids is 2. The van der Waals surface area contributed by atoms with E-state index in [0.717, 1.165) is 5.39 Å². The van der Waals surface area contributed by atoms with Crippen LogP contribution in [0.3, 0.4) is 0 Å². The Balaban J connectivity index is 1.78. The fourth-order valence-electron chi connectivity index (χ4n) is 5.13. The van der Waals surface area contributed by atoms with Crippen molar-refractivity contribution in [2.24, 2.45) is 11.3 Å². The van der Waals surface area contributed by atoms with Crippen molar-refractivity contribution in [3.8, 4) is 0 Å². The molecule has 44 heavy (non-hydrogen) atoms. The van der Waals surface area contributed by atoms with Gasteiger partial charge in [-0.2, -0.15) is 13.2 Å². The number of rotatable bonds is 11. The Labute approximate surface area is 255 Å². The van der Waals surface area contributed by atoms with Crippen molar-refractivity contribution in [3.63, 3.8) is 0 Å². The minimum Gasteiger partial charge on any atom is -0.480 e. The number of aliphatic carboxylic acids is 1. The summed E-state index contributed by atoms with van der Waals surface area (Å²) in [4.78, 5) is 43.3. The van der Waals surface area contributed by atoms with Crippen LogP contribution < -0.4 is 16.0 Å². The number of aromatic nitrogens is 1. The number of aliphatic hydroxyl groups excluding tert-OH is 1. The van der Waals surface area contributed by atoms with Crippen LogP contribution in [0.25, 0.3) is 17.0 Å². The molecule has 0 radical (unpaired) electrons. The molecule has 1 fully saturated rings. The number of hydrogen-bond acceptors (Lipinski definition) is 7. The van der Waals surface area contributed by atoms with Crippen LogP contribution in [0.2, 0.25) is 0 Å². The highest BCUT2D eigenvalue weighted by molar-refractivity contribution is 5.90. The van der Waals surface area contributed by atoms with Gasteiger partial charge in [-0.15, -0.1) is 0 Å². The largest absolute Gasteiger partial charge is 0.480 e. The van der Waals surface area contributed by atoms with Gasteiger partial charge in [-0.3, -0.25) is 24.7 Å². The number of carbonyl (C=O) groups is 3. The molecule has 5 N–H and O–H groups in total. The number of aliphatic hydroxyl groups is 1. The molecule has 0 spiro atoms. The number of carboxylic acid groups (broad SMARTS) is 1. The summed E-state index contributed by atoms with van der Waals surface area (Å²) in [5.74, 6) is -2.96. The highest BCUT2D eigenvalue weighted by Gasteiger charge is 2.49. The number of amides is 2. The molecule has 2 heterocycles. The summed E-state index contributed by atoms with van der Waals surface area (Å²) in [5, 5.41) is 27.8. The van der Waals surface area contributed by atoms with Gasteiger partial charge >= 0.3 is 12.1 Å². The molecule has 2 aromatic rings. The summed E-state index contributed by atoms with van der Waals surface area (Å²) in [6.07, 6.45) is -2.50. The van der Waals surface area contributed by atoms with Crippen molar-refractivity contribution < 1.29 is 37.8 Å². The number of fused-ring (bicyclic) bond motifs is 1. The van der Waals surface area contributed by atoms with Gasteiger partial charge < -0.3 is 25.7 Å². The van der Waals surface area contributed by atoms with Crippen LogP contribution in [0.1, 0.15) is 58.9 Å². The first-order chi connectivity index (χ1) is 20.4. The number of nitrogens with zero attached hydrogens (tertiary/aromatic N) is 2. The Hall–Kier alpha value is -3.55. The van der Waals surface area contributed by atoms with Gasteiger partial charge in [0.2, 0.25) is 11.8 Å². The van der Waals surface area contributed by atoms with Gasteiger partial charge in [-0.05, 0) is 37.5 Å². The lowest BCUT2D eigenvalue weighted by molar-refractivity contribution is -0.177. The summed E-state index contributed by atoms with van der Waals surface area (Å²) in [7, 11) is 0. The minimum atomic E-state index is -4.73. The molecule has 3 rings (SSSR count). The van der Waals surface area contributed by atoms with Gasteiger partial charge in [-0.1, -0.05) is 58.0 Å². The molecule has 2 amide bonds. The zero-order valence-electron chi connectivity index (χ0n) is 25.8. The fraction of sp³-hybridized carbons (Fsp3) is 0.548. The molecule has 1 aromatic heterocycles. The Kier molecular flexibility index (Phi) is 11.1. The van der Waals surface area contributed by atoms with Crippen molar-refractivity contribution in [3.05, 3.63) is 47.7 Å². The molecule has 0 aliphatic carbocycles. The number of pyridine rings is 1. The molecule has 5 atom stereocenters. The van der Waals surface area contributed by atoms with Gasteiger partial charge in [-0.25, -0.2) is 0 Å². The third kappa shape index (κ3) is 8.76. The lowest BCUT2D eigenvalue weighted by Crippen LogP contribution is -2.62. The second-order valence-electron chi connectivity index (χ2n) is 12.2. The summed E-state index contributed by atoms with van der Waals surface area (Å²) in [6, 6.07) is 3.37. The Morgan fingerprint density at radius 1 is 1.11 bits per heavy atom. The quantitative estimate of drug-likeness (QED) is 0.257. The Morgan fingerprint density at radius 2 is 1.77 bits per heavy atom. The van der Waals surface area contributed by atoms with E-state index in [-0.39, 0.29) is 19.6 Å². The molecule has 1 aromatic carbocycles. The second-order valence-corrected chi connectivity index (χ2v) is 12.2. The van der Waals surface area contributed by atoms with Crippen LogP contribution in [0.4, 0.5) is 13.2 Å². The maximum absolute atomic E-state index is 14.5. The molecule has 1 saturated heterocycles. The van der Waals surface area contributed by atoms with E-state index in [2.05, 4.69) is 20.9 Å². The maximum atomic E-state index is 14.5. The zero-order chi connectivity index (χ0) is 33.0. The number of hydrogen-bond donors (Lipinski definition) is 5. The summed E-state index contributed by atoms with van der Waals surface area (Å²) >= 11 is 0. The number of piperazine rings is 1. The average molecular weight is 622 g/mol. The number of carboxylic acids is 1. The lowest BCUT2D eigenvalue weighted by Gasteiger charge is -2.38. The molecule has 13 heteroatoms. The van der Waals surface area contributed by atoms with Crippen LogP contribution >= 0.6 is 0 Å². The van der Waals surface area contributed by atoms with Gasteiger partial charge in [0.1, 0.15) is 18.1 Å². The summed E-state index contributed by atoms with van der Waals surface area (Å²) in [6.45, 7) is 9.48. The number of nitrogens with one attached hydrogen (secondary N) is 3. The van der Waals surface area contributed by atoms with E-state index >= 15 is 0 Å². The minimum absolute atomic E-state index is 0.0914. The standard InChI is InChI=1S/C31H42F3N5O5/c1-17(2)25(26(41)36-18(3)27(42)39-14-13-35-24(16-39)28(43)44)38-29(31(32,33)34)30(5,6)12-11-20-7-8-21-9-10-22(19(4)40)37-23(21)15-20/h7-12,15,17-19,24-25,29,35,38,40H,13-14,16H2,1-6H3,(H,36,41)(H,43,44)/b12-11+/t18-,19+,24-,25-,29-/m0/s1. The molecule has 10 nitrogen and oxygen atoms in total. The monoisotopic (exact) mass is 621 g/mol. The van der Waals surface area contributed by atoms with Crippen LogP contribution in [0, 0.1) is 11.3 Å². The zero-order valence-corrected chi connectivity index (χ0v) is 25.8. The topological polar surface area (TPSA) is 144 Å². The van der Waals surface area contributed by atoms with Crippen LogP contribution in [-0.4, -0.2) is 87.9 Å². The smallest absolute Gasteiger partial charge is 0.404 e. The van der Waals surface area contributed by atoms with Gasteiger partial charge in [0.15, 0.2) is 0 Å². The average Bonchev–Trinajstić information content (AvgIpc) is 2.94. The van der Waals surface area contributed by atoms with E-state index < -0.39 is 65.6 Å². The molecule has 0 bridgehead atoms. The first kappa shape index (κ1) is 34.9. The Bertz CT molecular complexity index is 1380. The van der Waals surface area contributed by atoms with Crippen LogP contribution in [0.15, 0.2) is 36.4 Å². The predicted octanol–water partition coefficient (Wildman–Crippen LogP) is 3.26.